The molecule has 2 rings (SSSR count). The molecule has 4 heteroatoms. The highest BCUT2D eigenvalue weighted by Crippen LogP contribution is 2.00. The summed E-state index contributed by atoms with van der Waals surface area (Å²) < 4.78 is 5.36. The molecular weight excluding hydrogens is 252 g/mol. The molecule has 0 saturated carbocycles. The van der Waals surface area contributed by atoms with Gasteiger partial charge in [0, 0.05) is 24.9 Å². The number of nitrogens with zero attached hydrogens (tertiary/aromatic N) is 1. The first-order valence-corrected chi connectivity index (χ1v) is 6.63. The van der Waals surface area contributed by atoms with E-state index in [0.29, 0.717) is 13.2 Å². The van der Waals surface area contributed by atoms with Crippen LogP contribution in [0.25, 0.3) is 0 Å². The van der Waals surface area contributed by atoms with Crippen molar-refractivity contribution in [2.45, 2.75) is 13.0 Å². The molecule has 0 unspecified atom stereocenters. The number of hydrogen-bond donors (Lipinski definition) is 1. The van der Waals surface area contributed by atoms with E-state index < -0.39 is 0 Å². The van der Waals surface area contributed by atoms with Crippen molar-refractivity contribution in [2.24, 2.45) is 0 Å². The Morgan fingerprint density at radius 2 is 1.90 bits per heavy atom. The Balaban J connectivity index is 1.59. The van der Waals surface area contributed by atoms with Crippen molar-refractivity contribution in [1.82, 2.24) is 10.3 Å². The third kappa shape index (κ3) is 5.20. The topological polar surface area (TPSA) is 51.2 Å². The quantitative estimate of drug-likeness (QED) is 0.836. The Bertz CT molecular complexity index is 467. The summed E-state index contributed by atoms with van der Waals surface area (Å²) in [6, 6.07) is 15.5. The van der Waals surface area contributed by atoms with Crippen LogP contribution in [0.4, 0.5) is 0 Å². The Hall–Kier alpha value is -2.20. The van der Waals surface area contributed by atoms with Gasteiger partial charge in [-0.15, -0.1) is 0 Å². The van der Waals surface area contributed by atoms with Gasteiger partial charge in [-0.3, -0.25) is 9.78 Å². The maximum Gasteiger partial charge on any atom is 0.246 e. The van der Waals surface area contributed by atoms with E-state index >= 15 is 0 Å². The number of carbonyl (C=O) groups excluding carboxylic acids is 1. The maximum atomic E-state index is 11.6. The zero-order valence-corrected chi connectivity index (χ0v) is 11.3. The molecule has 0 aliphatic carbocycles. The lowest BCUT2D eigenvalue weighted by molar-refractivity contribution is -0.126. The second-order valence-corrected chi connectivity index (χ2v) is 4.40. The summed E-state index contributed by atoms with van der Waals surface area (Å²) >= 11 is 0. The van der Waals surface area contributed by atoms with Crippen molar-refractivity contribution in [3.8, 4) is 0 Å². The third-order valence-electron chi connectivity index (χ3n) is 2.77. The van der Waals surface area contributed by atoms with Crippen LogP contribution in [0.5, 0.6) is 0 Å². The number of nitrogens with one attached hydrogen (secondary N) is 1. The summed E-state index contributed by atoms with van der Waals surface area (Å²) in [5.41, 5.74) is 2.03. The fraction of sp³-hybridized carbons (Fsp3) is 0.250. The fourth-order valence-corrected chi connectivity index (χ4v) is 1.76. The van der Waals surface area contributed by atoms with E-state index in [-0.39, 0.29) is 12.5 Å². The molecule has 20 heavy (non-hydrogen) atoms. The molecule has 1 aromatic heterocycles. The van der Waals surface area contributed by atoms with E-state index in [1.807, 2.05) is 48.5 Å². The van der Waals surface area contributed by atoms with Crippen molar-refractivity contribution in [2.75, 3.05) is 13.2 Å². The van der Waals surface area contributed by atoms with Gasteiger partial charge in [0.1, 0.15) is 6.61 Å². The minimum atomic E-state index is -0.100. The van der Waals surface area contributed by atoms with Crippen LogP contribution in [-0.4, -0.2) is 24.0 Å². The average molecular weight is 270 g/mol. The van der Waals surface area contributed by atoms with Crippen LogP contribution < -0.4 is 5.32 Å². The monoisotopic (exact) mass is 270 g/mol. The lowest BCUT2D eigenvalue weighted by atomic mass is 10.2. The number of ether oxygens (including phenoxy) is 1. The maximum absolute atomic E-state index is 11.6. The average Bonchev–Trinajstić information content (AvgIpc) is 2.49. The molecule has 1 heterocycles. The van der Waals surface area contributed by atoms with Gasteiger partial charge in [0.15, 0.2) is 0 Å². The van der Waals surface area contributed by atoms with Crippen molar-refractivity contribution in [3.63, 3.8) is 0 Å². The normalized spacial score (nSPS) is 10.2. The summed E-state index contributed by atoms with van der Waals surface area (Å²) in [6.45, 7) is 1.11. The first-order valence-electron chi connectivity index (χ1n) is 6.63. The Labute approximate surface area is 118 Å². The molecule has 0 saturated heterocycles. The van der Waals surface area contributed by atoms with Crippen LogP contribution in [0.1, 0.15) is 11.3 Å². The van der Waals surface area contributed by atoms with Crippen molar-refractivity contribution in [3.05, 3.63) is 66.0 Å². The van der Waals surface area contributed by atoms with Gasteiger partial charge in [0.2, 0.25) is 5.91 Å². The number of carbonyl (C=O) groups is 1. The number of amides is 1. The van der Waals surface area contributed by atoms with Gasteiger partial charge in [-0.25, -0.2) is 0 Å². The SMILES string of the molecule is O=C(COCc1ccccc1)NCCc1ccccn1. The first kappa shape index (κ1) is 14.2. The number of aromatic nitrogens is 1. The van der Waals surface area contributed by atoms with Crippen LogP contribution in [0.3, 0.4) is 0 Å². The molecule has 1 aromatic carbocycles. The second-order valence-electron chi connectivity index (χ2n) is 4.40. The molecule has 0 aliphatic heterocycles. The predicted octanol–water partition coefficient (Wildman–Crippen LogP) is 1.96. The van der Waals surface area contributed by atoms with Crippen LogP contribution in [0.2, 0.25) is 0 Å². The smallest absolute Gasteiger partial charge is 0.246 e. The fourth-order valence-electron chi connectivity index (χ4n) is 1.76. The van der Waals surface area contributed by atoms with Gasteiger partial charge >= 0.3 is 0 Å². The van der Waals surface area contributed by atoms with E-state index in [0.717, 1.165) is 17.7 Å². The standard InChI is InChI=1S/C16H18N2O2/c19-16(13-20-12-14-6-2-1-3-7-14)18-11-9-15-8-4-5-10-17-15/h1-8,10H,9,11-13H2,(H,18,19). The molecule has 2 aromatic rings. The first-order chi connectivity index (χ1) is 9.84. The van der Waals surface area contributed by atoms with Crippen molar-refractivity contribution in [1.29, 1.82) is 0 Å². The van der Waals surface area contributed by atoms with Crippen LogP contribution >= 0.6 is 0 Å². The molecule has 0 fully saturated rings. The largest absolute Gasteiger partial charge is 0.367 e. The van der Waals surface area contributed by atoms with Gasteiger partial charge in [-0.05, 0) is 17.7 Å². The van der Waals surface area contributed by atoms with E-state index in [9.17, 15) is 4.79 Å². The van der Waals surface area contributed by atoms with Gasteiger partial charge in [0.25, 0.3) is 0 Å². The zero-order valence-electron chi connectivity index (χ0n) is 11.3. The molecular formula is C16H18N2O2. The van der Waals surface area contributed by atoms with Crippen LogP contribution in [-0.2, 0) is 22.6 Å². The summed E-state index contributed by atoms with van der Waals surface area (Å²) in [7, 11) is 0. The van der Waals surface area contributed by atoms with E-state index in [1.54, 1.807) is 6.20 Å². The van der Waals surface area contributed by atoms with E-state index in [4.69, 9.17) is 4.74 Å². The summed E-state index contributed by atoms with van der Waals surface area (Å²) in [4.78, 5) is 15.8. The predicted molar refractivity (Wildman–Crippen MR) is 77.0 cm³/mol. The molecule has 0 atom stereocenters. The number of hydrogen-bond acceptors (Lipinski definition) is 3. The molecule has 1 N–H and O–H groups in total. The molecule has 104 valence electrons. The molecule has 4 nitrogen and oxygen atoms in total. The molecule has 1 amide bonds. The van der Waals surface area contributed by atoms with Gasteiger partial charge in [-0.1, -0.05) is 36.4 Å². The van der Waals surface area contributed by atoms with E-state index in [2.05, 4.69) is 10.3 Å². The van der Waals surface area contributed by atoms with Crippen LogP contribution in [0.15, 0.2) is 54.7 Å². The Kier molecular flexibility index (Phi) is 5.73. The minimum absolute atomic E-state index is 0.0805. The van der Waals surface area contributed by atoms with Gasteiger partial charge < -0.3 is 10.1 Å². The van der Waals surface area contributed by atoms with Crippen molar-refractivity contribution < 1.29 is 9.53 Å². The van der Waals surface area contributed by atoms with Crippen LogP contribution in [0, 0.1) is 0 Å². The highest BCUT2D eigenvalue weighted by Gasteiger charge is 2.01. The Morgan fingerprint density at radius 3 is 2.65 bits per heavy atom. The third-order valence-corrected chi connectivity index (χ3v) is 2.77. The molecule has 0 radical (unpaired) electrons. The number of rotatable bonds is 7. The Morgan fingerprint density at radius 1 is 1.10 bits per heavy atom. The zero-order chi connectivity index (χ0) is 14.0. The summed E-state index contributed by atoms with van der Waals surface area (Å²) in [5, 5.41) is 2.81. The number of pyridine rings is 1. The highest BCUT2D eigenvalue weighted by atomic mass is 16.5. The highest BCUT2D eigenvalue weighted by molar-refractivity contribution is 5.77. The number of benzene rings is 1. The second kappa shape index (κ2) is 8.07. The molecule has 0 spiro atoms. The molecule has 0 aliphatic rings. The van der Waals surface area contributed by atoms with Gasteiger partial charge in [-0.2, -0.15) is 0 Å². The summed E-state index contributed by atoms with van der Waals surface area (Å²) in [6.07, 6.45) is 2.48. The summed E-state index contributed by atoms with van der Waals surface area (Å²) in [5.74, 6) is -0.100. The van der Waals surface area contributed by atoms with E-state index in [1.165, 1.54) is 0 Å². The molecule has 0 bridgehead atoms. The minimum Gasteiger partial charge on any atom is -0.367 e. The van der Waals surface area contributed by atoms with Gasteiger partial charge in [0.05, 0.1) is 6.61 Å². The lowest BCUT2D eigenvalue weighted by Crippen LogP contribution is -2.29. The van der Waals surface area contributed by atoms with Crippen molar-refractivity contribution >= 4 is 5.91 Å². The lowest BCUT2D eigenvalue weighted by Gasteiger charge is -2.06.